The molecule has 10 rings (SSSR count). The summed E-state index contributed by atoms with van der Waals surface area (Å²) in [5.74, 6) is 1.89. The molecule has 2 aromatic heterocycles. The van der Waals surface area contributed by atoms with Gasteiger partial charge in [0.2, 0.25) is 0 Å². The van der Waals surface area contributed by atoms with Crippen LogP contribution in [0.2, 0.25) is 0 Å². The van der Waals surface area contributed by atoms with E-state index in [9.17, 15) is 0 Å². The van der Waals surface area contributed by atoms with Crippen molar-refractivity contribution in [2.24, 2.45) is 11.8 Å². The summed E-state index contributed by atoms with van der Waals surface area (Å²) < 4.78 is 8.98. The fraction of sp³-hybridized carbons (Fsp3) is 0.256. The summed E-state index contributed by atoms with van der Waals surface area (Å²) in [5, 5.41) is 5.49. The Kier molecular flexibility index (Phi) is 5.82. The maximum atomic E-state index is 6.32. The number of nitrogens with zero attached hydrogens (tertiary/aromatic N) is 2. The zero-order valence-electron chi connectivity index (χ0n) is 26.3. The van der Waals surface area contributed by atoms with Crippen molar-refractivity contribution >= 4 is 51.4 Å². The van der Waals surface area contributed by atoms with Gasteiger partial charge in [-0.3, -0.25) is 0 Å². The van der Waals surface area contributed by atoms with Crippen LogP contribution in [0.15, 0.2) is 113 Å². The van der Waals surface area contributed by atoms with E-state index in [1.54, 1.807) is 0 Å². The Morgan fingerprint density at radius 2 is 1.65 bits per heavy atom. The molecule has 0 saturated heterocycles. The van der Waals surface area contributed by atoms with Gasteiger partial charge in [0, 0.05) is 73.7 Å². The zero-order valence-corrected chi connectivity index (χ0v) is 26.3. The minimum absolute atomic E-state index is 0.318. The molecular formula is C43H38N2O. The molecule has 1 aliphatic heterocycles. The van der Waals surface area contributed by atoms with Crippen molar-refractivity contribution in [3.8, 4) is 0 Å². The molecule has 5 aliphatic rings. The second-order valence-corrected chi connectivity index (χ2v) is 13.9. The fourth-order valence-electron chi connectivity index (χ4n) is 9.13. The van der Waals surface area contributed by atoms with Crippen LogP contribution in [0, 0.1) is 11.8 Å². The van der Waals surface area contributed by atoms with Crippen LogP contribution in [0.5, 0.6) is 0 Å². The summed E-state index contributed by atoms with van der Waals surface area (Å²) in [6.07, 6.45) is 23.9. The molecule has 3 heteroatoms. The third kappa shape index (κ3) is 3.84. The van der Waals surface area contributed by atoms with Crippen molar-refractivity contribution in [1.82, 2.24) is 4.57 Å². The van der Waals surface area contributed by atoms with E-state index in [1.165, 1.54) is 73.4 Å². The Morgan fingerprint density at radius 1 is 0.804 bits per heavy atom. The summed E-state index contributed by atoms with van der Waals surface area (Å²) >= 11 is 0. The van der Waals surface area contributed by atoms with Crippen molar-refractivity contribution in [2.75, 3.05) is 4.90 Å². The average Bonchev–Trinajstić information content (AvgIpc) is 3.75. The number of anilines is 1. The molecule has 0 saturated carbocycles. The predicted octanol–water partition coefficient (Wildman–Crippen LogP) is 9.09. The smallest absolute Gasteiger partial charge is 0.134 e. The standard InChI is InChI=1S/C43H38N2O/c1-27-23-43-36(33-15-7-10-18-42(33)46-43)26-41(27)45-38-17-9-6-14-32(38)35-25-29(20-22-40(35)45)28-19-21-39-34(24-28)31-13-5-8-16-37(31)44(39)30-11-3-2-4-12-30/h2-3,5-10,13-18,20-21,24-28,30,40H,4,11-12,19,22-23H2,1H3/t27-,28?,30?,40?/m1/s1. The predicted molar refractivity (Wildman–Crippen MR) is 191 cm³/mol. The van der Waals surface area contributed by atoms with Gasteiger partial charge >= 0.3 is 0 Å². The SMILES string of the molecule is C[C@@H]1Cc2oc3ccccc3c2C=C1N1c2ccccc2C2=CC(C3C=c4c(n(C5CC=CCC5)c5ccccc45)=CC3)=CCC21. The zero-order chi connectivity index (χ0) is 30.4. The first-order valence-electron chi connectivity index (χ1n) is 17.2. The number of rotatable bonds is 3. The summed E-state index contributed by atoms with van der Waals surface area (Å²) in [5.41, 5.74) is 10.7. The number of allylic oxidation sites excluding steroid dienone is 5. The van der Waals surface area contributed by atoms with Gasteiger partial charge in [0.25, 0.3) is 0 Å². The molecule has 5 aromatic rings. The molecule has 0 amide bonds. The average molecular weight is 599 g/mol. The van der Waals surface area contributed by atoms with Gasteiger partial charge in [0.15, 0.2) is 0 Å². The second-order valence-electron chi connectivity index (χ2n) is 13.9. The van der Waals surface area contributed by atoms with Gasteiger partial charge < -0.3 is 13.9 Å². The maximum absolute atomic E-state index is 6.32. The third-order valence-corrected chi connectivity index (χ3v) is 11.3. The Morgan fingerprint density at radius 3 is 2.57 bits per heavy atom. The Hall–Kier alpha value is -4.76. The van der Waals surface area contributed by atoms with E-state index in [0.29, 0.717) is 23.9 Å². The van der Waals surface area contributed by atoms with Crippen molar-refractivity contribution in [3.63, 3.8) is 0 Å². The van der Waals surface area contributed by atoms with Crippen molar-refractivity contribution in [3.05, 3.63) is 136 Å². The van der Waals surface area contributed by atoms with Crippen molar-refractivity contribution < 1.29 is 4.42 Å². The number of hydrogen-bond acceptors (Lipinski definition) is 2. The highest BCUT2D eigenvalue weighted by Gasteiger charge is 2.40. The van der Waals surface area contributed by atoms with Crippen LogP contribution in [0.1, 0.15) is 62.0 Å². The van der Waals surface area contributed by atoms with E-state index in [2.05, 4.69) is 132 Å². The first-order valence-corrected chi connectivity index (χ1v) is 17.2. The van der Waals surface area contributed by atoms with Gasteiger partial charge in [-0.15, -0.1) is 0 Å². The number of para-hydroxylation sites is 3. The van der Waals surface area contributed by atoms with Crippen molar-refractivity contribution in [1.29, 1.82) is 0 Å². The van der Waals surface area contributed by atoms with Gasteiger partial charge in [-0.1, -0.05) is 98.0 Å². The van der Waals surface area contributed by atoms with Crippen LogP contribution in [-0.4, -0.2) is 10.6 Å². The van der Waals surface area contributed by atoms with E-state index in [1.807, 2.05) is 0 Å². The summed E-state index contributed by atoms with van der Waals surface area (Å²) in [7, 11) is 0. The maximum Gasteiger partial charge on any atom is 0.134 e. The first-order chi connectivity index (χ1) is 22.7. The van der Waals surface area contributed by atoms with Crippen molar-refractivity contribution in [2.45, 2.75) is 57.5 Å². The Labute approximate surface area is 269 Å². The lowest BCUT2D eigenvalue weighted by Crippen LogP contribution is -2.36. The number of hydrogen-bond donors (Lipinski definition) is 0. The number of furan rings is 1. The van der Waals surface area contributed by atoms with Crippen LogP contribution in [-0.2, 0) is 6.42 Å². The van der Waals surface area contributed by atoms with Gasteiger partial charge in [0.05, 0.1) is 6.04 Å². The molecule has 226 valence electrons. The van der Waals surface area contributed by atoms with Crippen LogP contribution >= 0.6 is 0 Å². The Balaban J connectivity index is 1.05. The van der Waals surface area contributed by atoms with Crippen LogP contribution in [0.3, 0.4) is 0 Å². The largest absolute Gasteiger partial charge is 0.460 e. The summed E-state index contributed by atoms with van der Waals surface area (Å²) in [4.78, 5) is 2.66. The minimum Gasteiger partial charge on any atom is -0.460 e. The molecule has 0 fully saturated rings. The molecule has 3 nitrogen and oxygen atoms in total. The third-order valence-electron chi connectivity index (χ3n) is 11.3. The van der Waals surface area contributed by atoms with E-state index < -0.39 is 0 Å². The molecule has 0 radical (unpaired) electrons. The van der Waals surface area contributed by atoms with Gasteiger partial charge in [-0.05, 0) is 67.5 Å². The molecular weight excluding hydrogens is 560 g/mol. The number of fused-ring (bicyclic) bond motifs is 9. The molecule has 3 aromatic carbocycles. The molecule has 4 atom stereocenters. The highest BCUT2D eigenvalue weighted by Crippen LogP contribution is 2.50. The fourth-order valence-corrected chi connectivity index (χ4v) is 9.13. The summed E-state index contributed by atoms with van der Waals surface area (Å²) in [6, 6.07) is 27.5. The quantitative estimate of drug-likeness (QED) is 0.193. The molecule has 0 bridgehead atoms. The lowest BCUT2D eigenvalue weighted by atomic mass is 9.83. The summed E-state index contributed by atoms with van der Waals surface area (Å²) in [6.45, 7) is 2.36. The van der Waals surface area contributed by atoms with E-state index in [4.69, 9.17) is 4.42 Å². The van der Waals surface area contributed by atoms with Crippen LogP contribution < -0.4 is 15.5 Å². The highest BCUT2D eigenvalue weighted by molar-refractivity contribution is 5.95. The monoisotopic (exact) mass is 598 g/mol. The minimum atomic E-state index is 0.318. The number of aromatic nitrogens is 1. The highest BCUT2D eigenvalue weighted by atomic mass is 16.3. The molecule has 3 unspecified atom stereocenters. The topological polar surface area (TPSA) is 21.3 Å². The van der Waals surface area contributed by atoms with Crippen LogP contribution in [0.4, 0.5) is 5.69 Å². The number of benzene rings is 3. The van der Waals surface area contributed by atoms with E-state index >= 15 is 0 Å². The van der Waals surface area contributed by atoms with E-state index in [-0.39, 0.29) is 0 Å². The van der Waals surface area contributed by atoms with E-state index in [0.717, 1.165) is 37.0 Å². The first kappa shape index (κ1) is 26.5. The van der Waals surface area contributed by atoms with Gasteiger partial charge in [0.1, 0.15) is 11.3 Å². The lowest BCUT2D eigenvalue weighted by Gasteiger charge is -2.36. The molecule has 3 heterocycles. The molecule has 4 aliphatic carbocycles. The lowest BCUT2D eigenvalue weighted by molar-refractivity contribution is 0.464. The normalized spacial score (nSPS) is 24.7. The Bertz CT molecular complexity index is 2320. The van der Waals surface area contributed by atoms with Crippen LogP contribution in [0.25, 0.3) is 45.7 Å². The van der Waals surface area contributed by atoms with Gasteiger partial charge in [-0.25, -0.2) is 0 Å². The molecule has 0 spiro atoms. The molecule has 46 heavy (non-hydrogen) atoms. The molecule has 0 N–H and O–H groups in total. The van der Waals surface area contributed by atoms with Gasteiger partial charge in [-0.2, -0.15) is 0 Å². The second kappa shape index (κ2) is 10.1.